The van der Waals surface area contributed by atoms with E-state index in [9.17, 15) is 4.79 Å². The Morgan fingerprint density at radius 3 is 2.63 bits per heavy atom. The van der Waals surface area contributed by atoms with Crippen molar-refractivity contribution in [1.82, 2.24) is 24.9 Å². The molecule has 2 aromatic rings. The molecule has 1 amide bonds. The minimum absolute atomic E-state index is 0.0752. The Hall–Kier alpha value is -1.63. The van der Waals surface area contributed by atoms with E-state index in [2.05, 4.69) is 27.3 Å². The number of thioether (sulfide) groups is 1. The van der Waals surface area contributed by atoms with E-state index in [-0.39, 0.29) is 17.2 Å². The van der Waals surface area contributed by atoms with Crippen molar-refractivity contribution in [2.75, 3.05) is 0 Å². The molecule has 0 radical (unpaired) electrons. The Morgan fingerprint density at radius 2 is 1.96 bits per heavy atom. The van der Waals surface area contributed by atoms with Crippen molar-refractivity contribution >= 4 is 23.4 Å². The maximum Gasteiger partial charge on any atom is 0.253 e. The number of aryl methyl sites for hydroxylation is 2. The summed E-state index contributed by atoms with van der Waals surface area (Å²) in [6.45, 7) is 10.1. The average molecular weight is 388 g/mol. The predicted octanol–water partition coefficient (Wildman–Crippen LogP) is 3.47. The van der Waals surface area contributed by atoms with E-state index in [1.165, 1.54) is 37.4 Å². The van der Waals surface area contributed by atoms with Crippen molar-refractivity contribution in [3.8, 4) is 0 Å². The average Bonchev–Trinajstić information content (AvgIpc) is 3.35. The summed E-state index contributed by atoms with van der Waals surface area (Å²) in [5.74, 6) is 3.04. The van der Waals surface area contributed by atoms with Gasteiger partial charge in [-0.2, -0.15) is 4.98 Å². The molecule has 7 heteroatoms. The van der Waals surface area contributed by atoms with Gasteiger partial charge in [0.2, 0.25) is 11.1 Å². The van der Waals surface area contributed by atoms with E-state index in [0.717, 1.165) is 28.8 Å². The quantitative estimate of drug-likeness (QED) is 0.796. The first-order valence-electron chi connectivity index (χ1n) is 10.0. The molecule has 5 atom stereocenters. The Morgan fingerprint density at radius 1 is 1.19 bits per heavy atom. The molecule has 1 N–H and O–H groups in total. The van der Waals surface area contributed by atoms with Gasteiger partial charge in [-0.25, -0.2) is 9.50 Å². The van der Waals surface area contributed by atoms with Crippen molar-refractivity contribution in [1.29, 1.82) is 0 Å². The van der Waals surface area contributed by atoms with E-state index < -0.39 is 0 Å². The zero-order chi connectivity index (χ0) is 19.3. The van der Waals surface area contributed by atoms with Gasteiger partial charge in [-0.1, -0.05) is 18.2 Å². The lowest BCUT2D eigenvalue weighted by molar-refractivity contribution is -0.121. The Bertz CT molecular complexity index is 879. The number of rotatable bonds is 5. The zero-order valence-corrected chi connectivity index (χ0v) is 17.6. The summed E-state index contributed by atoms with van der Waals surface area (Å²) < 4.78 is 1.77. The molecule has 0 aromatic carbocycles. The predicted molar refractivity (Wildman–Crippen MR) is 107 cm³/mol. The summed E-state index contributed by atoms with van der Waals surface area (Å²) in [4.78, 5) is 21.7. The molecule has 2 heterocycles. The third-order valence-electron chi connectivity index (χ3n) is 6.70. The SMILES string of the molecule is Cc1nc2nc(S[C@H](C)C(=O)N[C@H](C)[C@@H]3C[C@H]4CC[C@H]3C4)nn2c(C)c1C. The highest BCUT2D eigenvalue weighted by Gasteiger charge is 2.42. The van der Waals surface area contributed by atoms with Crippen LogP contribution in [0, 0.1) is 38.5 Å². The summed E-state index contributed by atoms with van der Waals surface area (Å²) >= 11 is 1.40. The Labute approximate surface area is 164 Å². The molecule has 0 spiro atoms. The van der Waals surface area contributed by atoms with Crippen LogP contribution in [0.15, 0.2) is 5.16 Å². The summed E-state index contributed by atoms with van der Waals surface area (Å²) in [6, 6.07) is 0.249. The summed E-state index contributed by atoms with van der Waals surface area (Å²) in [6.07, 6.45) is 5.38. The fourth-order valence-electron chi connectivity index (χ4n) is 4.85. The van der Waals surface area contributed by atoms with Crippen LogP contribution in [0.3, 0.4) is 0 Å². The fourth-order valence-corrected chi connectivity index (χ4v) is 5.61. The second-order valence-corrected chi connectivity index (χ2v) is 9.72. The molecule has 2 bridgehead atoms. The van der Waals surface area contributed by atoms with Gasteiger partial charge in [0.25, 0.3) is 5.78 Å². The normalized spacial score (nSPS) is 26.5. The van der Waals surface area contributed by atoms with Gasteiger partial charge in [-0.3, -0.25) is 4.79 Å². The third-order valence-corrected chi connectivity index (χ3v) is 7.65. The lowest BCUT2D eigenvalue weighted by Crippen LogP contribution is -2.43. The lowest BCUT2D eigenvalue weighted by Gasteiger charge is -2.29. The largest absolute Gasteiger partial charge is 0.352 e. The minimum Gasteiger partial charge on any atom is -0.352 e. The van der Waals surface area contributed by atoms with E-state index in [1.54, 1.807) is 4.52 Å². The Balaban J connectivity index is 1.41. The monoisotopic (exact) mass is 387 g/mol. The van der Waals surface area contributed by atoms with Crippen LogP contribution >= 0.6 is 11.8 Å². The van der Waals surface area contributed by atoms with Gasteiger partial charge in [0.15, 0.2) is 0 Å². The van der Waals surface area contributed by atoms with Crippen LogP contribution in [0.2, 0.25) is 0 Å². The Kier molecular flexibility index (Phi) is 4.91. The molecule has 2 saturated carbocycles. The van der Waals surface area contributed by atoms with Crippen LogP contribution in [0.25, 0.3) is 5.78 Å². The lowest BCUT2D eigenvalue weighted by atomic mass is 9.84. The van der Waals surface area contributed by atoms with Crippen LogP contribution < -0.4 is 5.32 Å². The van der Waals surface area contributed by atoms with Gasteiger partial charge in [0.1, 0.15) is 0 Å². The molecule has 146 valence electrons. The topological polar surface area (TPSA) is 72.2 Å². The van der Waals surface area contributed by atoms with E-state index in [0.29, 0.717) is 16.9 Å². The summed E-state index contributed by atoms with van der Waals surface area (Å²) in [5.41, 5.74) is 3.13. The third kappa shape index (κ3) is 3.46. The van der Waals surface area contributed by atoms with Crippen molar-refractivity contribution in [3.63, 3.8) is 0 Å². The fraction of sp³-hybridized carbons (Fsp3) is 0.700. The number of nitrogens with zero attached hydrogens (tertiary/aromatic N) is 4. The van der Waals surface area contributed by atoms with Crippen LogP contribution in [-0.2, 0) is 4.79 Å². The van der Waals surface area contributed by atoms with E-state index >= 15 is 0 Å². The number of fused-ring (bicyclic) bond motifs is 3. The van der Waals surface area contributed by atoms with Crippen LogP contribution in [-0.4, -0.2) is 36.8 Å². The van der Waals surface area contributed by atoms with Gasteiger partial charge in [0, 0.05) is 17.4 Å². The molecule has 2 aliphatic carbocycles. The second-order valence-electron chi connectivity index (χ2n) is 8.41. The first-order valence-corrected chi connectivity index (χ1v) is 10.9. The van der Waals surface area contributed by atoms with Crippen molar-refractivity contribution in [3.05, 3.63) is 17.0 Å². The highest BCUT2D eigenvalue weighted by Crippen LogP contribution is 2.49. The molecule has 6 nitrogen and oxygen atoms in total. The second kappa shape index (κ2) is 7.08. The number of hydrogen-bond donors (Lipinski definition) is 1. The molecule has 0 saturated heterocycles. The van der Waals surface area contributed by atoms with Gasteiger partial charge in [-0.15, -0.1) is 5.10 Å². The molecule has 4 rings (SSSR count). The molecule has 2 aromatic heterocycles. The van der Waals surface area contributed by atoms with Crippen LogP contribution in [0.4, 0.5) is 0 Å². The molecule has 0 aliphatic heterocycles. The number of carbonyl (C=O) groups is 1. The number of hydrogen-bond acceptors (Lipinski definition) is 5. The molecule has 2 aliphatic rings. The minimum atomic E-state index is -0.231. The highest BCUT2D eigenvalue weighted by atomic mass is 32.2. The highest BCUT2D eigenvalue weighted by molar-refractivity contribution is 8.00. The first-order chi connectivity index (χ1) is 12.8. The van der Waals surface area contributed by atoms with Gasteiger partial charge in [0.05, 0.1) is 5.25 Å². The maximum absolute atomic E-state index is 12.7. The van der Waals surface area contributed by atoms with E-state index in [1.807, 2.05) is 27.7 Å². The molecular weight excluding hydrogens is 358 g/mol. The number of carbonyl (C=O) groups excluding carboxylic acids is 1. The van der Waals surface area contributed by atoms with Crippen LogP contribution in [0.5, 0.6) is 0 Å². The number of aromatic nitrogens is 4. The summed E-state index contributed by atoms with van der Waals surface area (Å²) in [7, 11) is 0. The van der Waals surface area contributed by atoms with Crippen molar-refractivity contribution in [2.45, 2.75) is 76.8 Å². The zero-order valence-electron chi connectivity index (χ0n) is 16.8. The van der Waals surface area contributed by atoms with Crippen molar-refractivity contribution < 1.29 is 4.79 Å². The molecule has 27 heavy (non-hydrogen) atoms. The molecule has 0 unspecified atom stereocenters. The van der Waals surface area contributed by atoms with Crippen LogP contribution in [0.1, 0.15) is 56.5 Å². The first kappa shape index (κ1) is 18.7. The molecular formula is C20H29N5OS. The van der Waals surface area contributed by atoms with Gasteiger partial charge < -0.3 is 5.32 Å². The maximum atomic E-state index is 12.7. The smallest absolute Gasteiger partial charge is 0.253 e. The van der Waals surface area contributed by atoms with Crippen molar-refractivity contribution in [2.24, 2.45) is 17.8 Å². The number of amides is 1. The molecule has 2 fully saturated rings. The van der Waals surface area contributed by atoms with E-state index in [4.69, 9.17) is 0 Å². The van der Waals surface area contributed by atoms with Gasteiger partial charge >= 0.3 is 0 Å². The standard InChI is InChI=1S/C20H29N5OS/c1-10-11(2)22-19-23-20(24-25(19)13(10)4)27-14(5)18(26)21-12(3)17-9-15-6-7-16(17)8-15/h12,14-17H,6-9H2,1-5H3,(H,21,26)/t12-,14-,15+,16+,17+/m1/s1. The number of nitrogens with one attached hydrogen (secondary N) is 1. The summed E-state index contributed by atoms with van der Waals surface area (Å²) in [5, 5.41) is 8.17. The van der Waals surface area contributed by atoms with Gasteiger partial charge in [-0.05, 0) is 77.2 Å².